The molecule has 0 saturated carbocycles. The van der Waals surface area contributed by atoms with Gasteiger partial charge in [0.25, 0.3) is 11.5 Å². The van der Waals surface area contributed by atoms with Gasteiger partial charge >= 0.3 is 22.3 Å². The molecule has 1 aliphatic rings. The monoisotopic (exact) mass is 557 g/mol. The number of H-pyrrole nitrogens is 1. The minimum Gasteiger partial charge on any atom is -0.480 e. The molecule has 208 valence electrons. The fraction of sp³-hybridized carbons (Fsp3) is 0.350. The first kappa shape index (κ1) is 29.8. The van der Waals surface area contributed by atoms with E-state index in [4.69, 9.17) is 23.3 Å². The van der Waals surface area contributed by atoms with Crippen molar-refractivity contribution in [2.45, 2.75) is 31.3 Å². The molecule has 0 bridgehead atoms. The Labute approximate surface area is 215 Å². The van der Waals surface area contributed by atoms with Crippen LogP contribution in [0.2, 0.25) is 0 Å². The number of nitrogens with one attached hydrogen (secondary N) is 5. The maximum Gasteiger partial charge on any atom is 0.394 e. The van der Waals surface area contributed by atoms with Crippen LogP contribution in [0.4, 0.5) is 23.1 Å². The Morgan fingerprint density at radius 1 is 1.18 bits per heavy atom. The van der Waals surface area contributed by atoms with E-state index >= 15 is 0 Å². The fourth-order valence-corrected chi connectivity index (χ4v) is 3.34. The van der Waals surface area contributed by atoms with Crippen LogP contribution < -0.4 is 32.6 Å². The van der Waals surface area contributed by atoms with Crippen molar-refractivity contribution in [2.24, 2.45) is 0 Å². The smallest absolute Gasteiger partial charge is 0.394 e. The summed E-state index contributed by atoms with van der Waals surface area (Å²) in [5.41, 5.74) is 4.09. The average molecular weight is 558 g/mol. The van der Waals surface area contributed by atoms with Crippen LogP contribution in [0.3, 0.4) is 0 Å². The predicted octanol–water partition coefficient (Wildman–Crippen LogP) is -0.545. The van der Waals surface area contributed by atoms with Gasteiger partial charge in [-0.15, -0.1) is 0 Å². The molecular weight excluding hydrogens is 530 g/mol. The standard InChI is InChI=1S/C20H25N7O6.H2O4S/c1-2-3-12(17(30)31)24-15(28)10-4-6-11(7-5-10)22-8-20(18(32)33)9-23-14-13(27-20)16(29)26-19(21)25-14;1-5(2,3)4/h4-7,12,22,27H,2-3,8-9H2,1H3,(H,24,28)(H,30,31)(H,32,33)(H4,21,23,25,26,29);(H2,1,2,3,4). The first-order chi connectivity index (χ1) is 17.6. The Bertz CT molecular complexity index is 1340. The molecule has 3 rings (SSSR count). The van der Waals surface area contributed by atoms with E-state index in [2.05, 4.69) is 31.2 Å². The zero-order valence-corrected chi connectivity index (χ0v) is 20.7. The fourth-order valence-electron chi connectivity index (χ4n) is 3.34. The molecule has 38 heavy (non-hydrogen) atoms. The summed E-state index contributed by atoms with van der Waals surface area (Å²) in [4.78, 5) is 54.0. The van der Waals surface area contributed by atoms with Gasteiger partial charge < -0.3 is 37.2 Å². The van der Waals surface area contributed by atoms with Gasteiger partial charge in [-0.3, -0.25) is 23.7 Å². The van der Waals surface area contributed by atoms with E-state index in [0.29, 0.717) is 18.5 Å². The number of fused-ring (bicyclic) bond motifs is 1. The van der Waals surface area contributed by atoms with Crippen molar-refractivity contribution in [3.05, 3.63) is 40.2 Å². The van der Waals surface area contributed by atoms with Crippen molar-refractivity contribution in [1.29, 1.82) is 0 Å². The van der Waals surface area contributed by atoms with Crippen molar-refractivity contribution in [2.75, 3.05) is 34.8 Å². The highest BCUT2D eigenvalue weighted by Gasteiger charge is 2.43. The second kappa shape index (κ2) is 12.2. The van der Waals surface area contributed by atoms with Gasteiger partial charge in [-0.05, 0) is 30.7 Å². The SMILES string of the molecule is CCCC(NC(=O)c1ccc(NCC2(C(=O)O)CNc3nc(N)[nH]c(=O)c3N2)cc1)C(=O)O.O=S(=O)(O)O. The van der Waals surface area contributed by atoms with Crippen LogP contribution in [0.15, 0.2) is 29.1 Å². The number of carboxylic acid groups (broad SMARTS) is 2. The third-order valence-corrected chi connectivity index (χ3v) is 5.19. The van der Waals surface area contributed by atoms with E-state index < -0.39 is 45.4 Å². The van der Waals surface area contributed by atoms with Crippen LogP contribution in [0.5, 0.6) is 0 Å². The van der Waals surface area contributed by atoms with Crippen molar-refractivity contribution in [3.8, 4) is 0 Å². The maximum atomic E-state index is 12.3. The molecule has 2 heterocycles. The number of carbonyl (C=O) groups is 3. The molecule has 17 nitrogen and oxygen atoms in total. The number of nitrogens with two attached hydrogens (primary N) is 1. The number of carboxylic acids is 2. The van der Waals surface area contributed by atoms with Crippen LogP contribution in [-0.4, -0.2) is 80.2 Å². The average Bonchev–Trinajstić information content (AvgIpc) is 2.81. The molecule has 2 aromatic rings. The van der Waals surface area contributed by atoms with Crippen molar-refractivity contribution < 1.29 is 42.1 Å². The molecule has 1 aromatic heterocycles. The highest BCUT2D eigenvalue weighted by molar-refractivity contribution is 7.79. The summed E-state index contributed by atoms with van der Waals surface area (Å²) in [7, 11) is -4.67. The molecule has 18 heteroatoms. The number of hydrogen-bond donors (Lipinski definition) is 10. The lowest BCUT2D eigenvalue weighted by Crippen LogP contribution is -2.59. The van der Waals surface area contributed by atoms with E-state index in [9.17, 15) is 29.4 Å². The Morgan fingerprint density at radius 3 is 2.32 bits per heavy atom. The quantitative estimate of drug-likeness (QED) is 0.173. The van der Waals surface area contributed by atoms with Gasteiger partial charge in [0, 0.05) is 11.3 Å². The Hall–Kier alpha value is -4.42. The number of aromatic nitrogens is 2. The van der Waals surface area contributed by atoms with E-state index in [1.165, 1.54) is 12.1 Å². The normalized spacial score (nSPS) is 16.8. The molecule has 1 aromatic carbocycles. The minimum atomic E-state index is -4.67. The number of amides is 1. The van der Waals surface area contributed by atoms with Crippen LogP contribution >= 0.6 is 0 Å². The number of rotatable bonds is 9. The number of hydrogen-bond acceptors (Lipinski definition) is 11. The summed E-state index contributed by atoms with van der Waals surface area (Å²) < 4.78 is 31.6. The number of carbonyl (C=O) groups excluding carboxylic acids is 1. The van der Waals surface area contributed by atoms with Crippen molar-refractivity contribution in [1.82, 2.24) is 15.3 Å². The molecule has 0 aliphatic carbocycles. The number of nitrogen functional groups attached to an aromatic ring is 1. The molecule has 2 unspecified atom stereocenters. The molecule has 1 aliphatic heterocycles. The van der Waals surface area contributed by atoms with Crippen molar-refractivity contribution in [3.63, 3.8) is 0 Å². The third-order valence-electron chi connectivity index (χ3n) is 5.19. The Balaban J connectivity index is 0.000000926. The van der Waals surface area contributed by atoms with E-state index in [-0.39, 0.29) is 36.1 Å². The second-order valence-corrected chi connectivity index (χ2v) is 8.97. The van der Waals surface area contributed by atoms with Crippen LogP contribution in [0.25, 0.3) is 0 Å². The summed E-state index contributed by atoms with van der Waals surface area (Å²) >= 11 is 0. The summed E-state index contributed by atoms with van der Waals surface area (Å²) in [6.07, 6.45) is 0.918. The molecule has 2 atom stereocenters. The molecule has 1 amide bonds. The number of anilines is 4. The summed E-state index contributed by atoms with van der Waals surface area (Å²) in [5, 5.41) is 30.0. The predicted molar refractivity (Wildman–Crippen MR) is 135 cm³/mol. The topological polar surface area (TPSA) is 286 Å². The summed E-state index contributed by atoms with van der Waals surface area (Å²) in [6.45, 7) is 1.64. The van der Waals surface area contributed by atoms with E-state index in [0.717, 1.165) is 0 Å². The van der Waals surface area contributed by atoms with Gasteiger partial charge in [0.1, 0.15) is 11.7 Å². The van der Waals surface area contributed by atoms with Crippen LogP contribution in [0.1, 0.15) is 30.1 Å². The first-order valence-corrected chi connectivity index (χ1v) is 12.3. The maximum absolute atomic E-state index is 12.3. The highest BCUT2D eigenvalue weighted by atomic mass is 32.3. The molecule has 0 spiro atoms. The lowest BCUT2D eigenvalue weighted by molar-refractivity contribution is -0.141. The zero-order chi connectivity index (χ0) is 28.7. The molecule has 0 radical (unpaired) electrons. The lowest BCUT2D eigenvalue weighted by atomic mass is 9.96. The van der Waals surface area contributed by atoms with E-state index in [1.807, 2.05) is 6.92 Å². The molecule has 11 N–H and O–H groups in total. The summed E-state index contributed by atoms with van der Waals surface area (Å²) in [6, 6.07) is 5.15. The third kappa shape index (κ3) is 8.32. The lowest BCUT2D eigenvalue weighted by Gasteiger charge is -2.36. The first-order valence-electron chi connectivity index (χ1n) is 10.9. The number of aliphatic carboxylic acids is 2. The van der Waals surface area contributed by atoms with Gasteiger partial charge in [-0.25, -0.2) is 9.59 Å². The second-order valence-electron chi connectivity index (χ2n) is 8.07. The molecule has 0 fully saturated rings. The van der Waals surface area contributed by atoms with Gasteiger partial charge in [-0.2, -0.15) is 13.4 Å². The van der Waals surface area contributed by atoms with Crippen LogP contribution in [0, 0.1) is 0 Å². The number of benzene rings is 1. The Kier molecular flexibility index (Phi) is 9.58. The molecule has 0 saturated heterocycles. The minimum absolute atomic E-state index is 0.0354. The van der Waals surface area contributed by atoms with Gasteiger partial charge in [0.15, 0.2) is 11.4 Å². The van der Waals surface area contributed by atoms with Gasteiger partial charge in [0.05, 0.1) is 13.1 Å². The largest absolute Gasteiger partial charge is 0.480 e. The van der Waals surface area contributed by atoms with Crippen LogP contribution in [-0.2, 0) is 20.0 Å². The summed E-state index contributed by atoms with van der Waals surface area (Å²) in [5.74, 6) is -2.76. The highest BCUT2D eigenvalue weighted by Crippen LogP contribution is 2.26. The number of aromatic amines is 1. The van der Waals surface area contributed by atoms with E-state index in [1.54, 1.807) is 12.1 Å². The number of nitrogens with zero attached hydrogens (tertiary/aromatic N) is 1. The van der Waals surface area contributed by atoms with Crippen molar-refractivity contribution >= 4 is 51.4 Å². The van der Waals surface area contributed by atoms with Gasteiger partial charge in [0.2, 0.25) is 5.95 Å². The Morgan fingerprint density at radius 2 is 1.79 bits per heavy atom. The van der Waals surface area contributed by atoms with Gasteiger partial charge in [-0.1, -0.05) is 13.3 Å². The molecular formula is C20H27N7O10S. The zero-order valence-electron chi connectivity index (χ0n) is 19.9.